The molecule has 0 saturated heterocycles. The number of nitrogens with one attached hydrogen (secondary N) is 1. The number of hydrogen-bond acceptors (Lipinski definition) is 5. The van der Waals surface area contributed by atoms with Gasteiger partial charge in [0, 0.05) is 18.9 Å². The highest BCUT2D eigenvalue weighted by molar-refractivity contribution is 7.98. The first kappa shape index (κ1) is 18.5. The van der Waals surface area contributed by atoms with Crippen molar-refractivity contribution in [2.45, 2.75) is 57.9 Å². The Labute approximate surface area is 132 Å². The summed E-state index contributed by atoms with van der Waals surface area (Å²) in [7, 11) is 0. The van der Waals surface area contributed by atoms with Gasteiger partial charge in [-0.05, 0) is 38.2 Å². The Morgan fingerprint density at radius 1 is 1.29 bits per heavy atom. The molecule has 122 valence electrons. The molecule has 1 rings (SSSR count). The van der Waals surface area contributed by atoms with Gasteiger partial charge in [-0.3, -0.25) is 9.59 Å². The van der Waals surface area contributed by atoms with Crippen molar-refractivity contribution >= 4 is 23.5 Å². The fourth-order valence-electron chi connectivity index (χ4n) is 2.78. The van der Waals surface area contributed by atoms with Crippen LogP contribution in [0.2, 0.25) is 0 Å². The highest BCUT2D eigenvalue weighted by atomic mass is 32.2. The summed E-state index contributed by atoms with van der Waals surface area (Å²) in [6.07, 6.45) is 9.03. The van der Waals surface area contributed by atoms with Crippen molar-refractivity contribution in [1.29, 1.82) is 0 Å². The summed E-state index contributed by atoms with van der Waals surface area (Å²) in [5.41, 5.74) is 0. The number of thioether (sulfide) groups is 1. The van der Waals surface area contributed by atoms with Crippen LogP contribution in [-0.4, -0.2) is 43.0 Å². The summed E-state index contributed by atoms with van der Waals surface area (Å²) in [6, 6.07) is -0.281. The number of esters is 1. The summed E-state index contributed by atoms with van der Waals surface area (Å²) < 4.78 is 5.08. The molecule has 1 N–H and O–H groups in total. The van der Waals surface area contributed by atoms with Crippen molar-refractivity contribution < 1.29 is 14.3 Å². The van der Waals surface area contributed by atoms with Crippen LogP contribution in [0.3, 0.4) is 0 Å². The molecule has 0 aromatic rings. The maximum absolute atomic E-state index is 12.1. The third-order valence-electron chi connectivity index (χ3n) is 4.00. The van der Waals surface area contributed by atoms with Gasteiger partial charge in [-0.2, -0.15) is 11.8 Å². The molecule has 0 heterocycles. The molecule has 5 heteroatoms. The van der Waals surface area contributed by atoms with E-state index in [-0.39, 0.29) is 17.9 Å². The largest absolute Gasteiger partial charge is 0.465 e. The van der Waals surface area contributed by atoms with Crippen molar-refractivity contribution in [3.8, 4) is 0 Å². The minimum atomic E-state index is -0.281. The third kappa shape index (κ3) is 7.32. The van der Waals surface area contributed by atoms with Gasteiger partial charge in [-0.25, -0.2) is 0 Å². The fourth-order valence-corrected chi connectivity index (χ4v) is 3.25. The SMILES string of the molecule is CCOC(=O)C(CCSC)NCCC(=O)C1CCCCC1. The van der Waals surface area contributed by atoms with Crippen LogP contribution in [0.15, 0.2) is 0 Å². The number of carbonyl (C=O) groups is 2. The Bertz CT molecular complexity index is 317. The van der Waals surface area contributed by atoms with Gasteiger partial charge >= 0.3 is 5.97 Å². The van der Waals surface area contributed by atoms with Crippen molar-refractivity contribution in [3.63, 3.8) is 0 Å². The van der Waals surface area contributed by atoms with E-state index in [0.717, 1.165) is 25.0 Å². The Kier molecular flexibility index (Phi) is 9.76. The molecule has 0 aromatic carbocycles. The molecule has 0 bridgehead atoms. The standard InChI is InChI=1S/C16H29NO3S/c1-3-20-16(19)14(10-12-21-2)17-11-9-15(18)13-7-5-4-6-8-13/h13-14,17H,3-12H2,1-2H3. The number of hydrogen-bond donors (Lipinski definition) is 1. The molecule has 1 fully saturated rings. The van der Waals surface area contributed by atoms with Gasteiger partial charge < -0.3 is 10.1 Å². The maximum Gasteiger partial charge on any atom is 0.323 e. The number of ether oxygens (including phenoxy) is 1. The van der Waals surface area contributed by atoms with Crippen LogP contribution in [0.25, 0.3) is 0 Å². The van der Waals surface area contributed by atoms with E-state index in [4.69, 9.17) is 4.74 Å². The maximum atomic E-state index is 12.1. The van der Waals surface area contributed by atoms with Crippen LogP contribution in [0, 0.1) is 5.92 Å². The predicted molar refractivity (Wildman–Crippen MR) is 87.6 cm³/mol. The molecule has 0 aliphatic heterocycles. The second kappa shape index (κ2) is 11.1. The lowest BCUT2D eigenvalue weighted by Crippen LogP contribution is -2.40. The summed E-state index contributed by atoms with van der Waals surface area (Å²) in [5.74, 6) is 1.33. The Morgan fingerprint density at radius 3 is 2.62 bits per heavy atom. The van der Waals surface area contributed by atoms with Crippen molar-refractivity contribution in [1.82, 2.24) is 5.32 Å². The van der Waals surface area contributed by atoms with Gasteiger partial charge in [-0.15, -0.1) is 0 Å². The highest BCUT2D eigenvalue weighted by Crippen LogP contribution is 2.25. The van der Waals surface area contributed by atoms with Gasteiger partial charge in [0.1, 0.15) is 11.8 Å². The van der Waals surface area contributed by atoms with Crippen molar-refractivity contribution in [2.75, 3.05) is 25.2 Å². The van der Waals surface area contributed by atoms with E-state index in [1.54, 1.807) is 11.8 Å². The molecule has 1 unspecified atom stereocenters. The van der Waals surface area contributed by atoms with Crippen LogP contribution in [0.1, 0.15) is 51.9 Å². The zero-order valence-corrected chi connectivity index (χ0v) is 14.2. The minimum absolute atomic E-state index is 0.198. The number of Topliss-reactive ketones (excluding diaryl/α,β-unsaturated/α-hetero) is 1. The molecule has 0 amide bonds. The topological polar surface area (TPSA) is 55.4 Å². The Balaban J connectivity index is 2.30. The van der Waals surface area contributed by atoms with E-state index in [1.165, 1.54) is 19.3 Å². The van der Waals surface area contributed by atoms with Crippen LogP contribution in [-0.2, 0) is 14.3 Å². The normalized spacial score (nSPS) is 17.4. The van der Waals surface area contributed by atoms with E-state index in [2.05, 4.69) is 5.32 Å². The molecular weight excluding hydrogens is 286 g/mol. The van der Waals surface area contributed by atoms with Crippen LogP contribution in [0.4, 0.5) is 0 Å². The number of carbonyl (C=O) groups excluding carboxylic acids is 2. The first-order chi connectivity index (χ1) is 10.2. The molecule has 1 atom stereocenters. The molecular formula is C16H29NO3S. The third-order valence-corrected chi connectivity index (χ3v) is 4.65. The summed E-state index contributed by atoms with van der Waals surface area (Å²) in [5, 5.41) is 3.20. The molecule has 21 heavy (non-hydrogen) atoms. The monoisotopic (exact) mass is 315 g/mol. The summed E-state index contributed by atoms with van der Waals surface area (Å²) in [6.45, 7) is 2.79. The van der Waals surface area contributed by atoms with Gasteiger partial charge in [0.15, 0.2) is 0 Å². The van der Waals surface area contributed by atoms with Crippen LogP contribution < -0.4 is 5.32 Å². The van der Waals surface area contributed by atoms with Gasteiger partial charge in [0.25, 0.3) is 0 Å². The molecule has 1 aliphatic carbocycles. The van der Waals surface area contributed by atoms with Crippen LogP contribution in [0.5, 0.6) is 0 Å². The number of ketones is 1. The van der Waals surface area contributed by atoms with E-state index in [9.17, 15) is 9.59 Å². The lowest BCUT2D eigenvalue weighted by molar-refractivity contribution is -0.145. The zero-order valence-electron chi connectivity index (χ0n) is 13.4. The van der Waals surface area contributed by atoms with E-state index >= 15 is 0 Å². The molecule has 0 spiro atoms. The molecule has 1 saturated carbocycles. The van der Waals surface area contributed by atoms with Gasteiger partial charge in [-0.1, -0.05) is 19.3 Å². The quantitative estimate of drug-likeness (QED) is 0.628. The Morgan fingerprint density at radius 2 is 2.00 bits per heavy atom. The van der Waals surface area contributed by atoms with E-state index < -0.39 is 0 Å². The fraction of sp³-hybridized carbons (Fsp3) is 0.875. The molecule has 0 aromatic heterocycles. The van der Waals surface area contributed by atoms with E-state index in [1.807, 2.05) is 13.2 Å². The molecule has 1 aliphatic rings. The molecule has 4 nitrogen and oxygen atoms in total. The highest BCUT2D eigenvalue weighted by Gasteiger charge is 2.22. The van der Waals surface area contributed by atoms with Gasteiger partial charge in [0.05, 0.1) is 6.61 Å². The first-order valence-corrected chi connectivity index (χ1v) is 9.50. The average Bonchev–Trinajstić information content (AvgIpc) is 2.51. The smallest absolute Gasteiger partial charge is 0.323 e. The second-order valence-corrected chi connectivity index (χ2v) is 6.58. The van der Waals surface area contributed by atoms with Crippen LogP contribution >= 0.6 is 11.8 Å². The minimum Gasteiger partial charge on any atom is -0.465 e. The molecule has 0 radical (unpaired) electrons. The predicted octanol–water partition coefficient (Wildman–Crippen LogP) is 2.80. The summed E-state index contributed by atoms with van der Waals surface area (Å²) >= 11 is 1.71. The van der Waals surface area contributed by atoms with E-state index in [0.29, 0.717) is 25.4 Å². The zero-order chi connectivity index (χ0) is 15.5. The first-order valence-electron chi connectivity index (χ1n) is 8.10. The second-order valence-electron chi connectivity index (χ2n) is 5.59. The average molecular weight is 315 g/mol. The van der Waals surface area contributed by atoms with Crippen molar-refractivity contribution in [2.24, 2.45) is 5.92 Å². The summed E-state index contributed by atoms with van der Waals surface area (Å²) in [4.78, 5) is 24.0. The van der Waals surface area contributed by atoms with Gasteiger partial charge in [0.2, 0.25) is 0 Å². The Hall–Kier alpha value is -0.550. The lowest BCUT2D eigenvalue weighted by Gasteiger charge is -2.21. The van der Waals surface area contributed by atoms with Crippen molar-refractivity contribution in [3.05, 3.63) is 0 Å². The lowest BCUT2D eigenvalue weighted by atomic mass is 9.85. The number of rotatable bonds is 10.